The van der Waals surface area contributed by atoms with Gasteiger partial charge in [0.05, 0.1) is 0 Å². The Bertz CT molecular complexity index is 1120. The molecule has 2 aliphatic carbocycles. The van der Waals surface area contributed by atoms with E-state index in [1.165, 1.54) is 14.1 Å². The van der Waals surface area contributed by atoms with Crippen LogP contribution in [0.1, 0.15) is 67.9 Å². The van der Waals surface area contributed by atoms with Crippen molar-refractivity contribution in [3.8, 4) is 0 Å². The molecule has 0 amide bonds. The molecule has 4 nitrogen and oxygen atoms in total. The molecule has 2 saturated carbocycles. The number of carbonyl (C=O) groups excluding carboxylic acids is 2. The zero-order valence-corrected chi connectivity index (χ0v) is 22.1. The first-order valence-corrected chi connectivity index (χ1v) is 11.5. The summed E-state index contributed by atoms with van der Waals surface area (Å²) in [7, 11) is 2.95. The summed E-state index contributed by atoms with van der Waals surface area (Å²) < 4.78 is 57.8. The molecule has 0 bridgehead atoms. The van der Waals surface area contributed by atoms with E-state index in [2.05, 4.69) is 24.6 Å². The van der Waals surface area contributed by atoms with Crippen molar-refractivity contribution in [3.63, 3.8) is 0 Å². The highest BCUT2D eigenvalue weighted by Crippen LogP contribution is 2.38. The molecule has 2 aliphatic rings. The Labute approximate surface area is 236 Å². The van der Waals surface area contributed by atoms with Crippen LogP contribution in [-0.4, -0.2) is 28.0 Å². The first-order chi connectivity index (χ1) is 19.6. The minimum absolute atomic E-state index is 0.200. The van der Waals surface area contributed by atoms with Crippen LogP contribution in [0.4, 0.5) is 0 Å². The van der Waals surface area contributed by atoms with E-state index in [1.54, 1.807) is 48.5 Å². The van der Waals surface area contributed by atoms with Gasteiger partial charge in [0.15, 0.2) is 11.6 Å². The maximum atomic E-state index is 12.6. The molecular formula is C26H34Cl4N2O2. The highest BCUT2D eigenvalue weighted by atomic mass is 35.5. The Hall–Kier alpha value is -1.14. The van der Waals surface area contributed by atoms with Crippen LogP contribution < -0.4 is 10.6 Å². The average molecular weight is 556 g/mol. The number of halogens is 4. The molecule has 0 unspecified atom stereocenters. The average Bonchev–Trinajstić information content (AvgIpc) is 2.95. The van der Waals surface area contributed by atoms with Gasteiger partial charge in [-0.2, -0.15) is 0 Å². The third-order valence-corrected chi connectivity index (χ3v) is 6.81. The van der Waals surface area contributed by atoms with Gasteiger partial charge in [-0.25, -0.2) is 0 Å². The van der Waals surface area contributed by atoms with E-state index in [9.17, 15) is 9.59 Å². The summed E-state index contributed by atoms with van der Waals surface area (Å²) >= 11 is 20.1. The molecule has 0 heterocycles. The van der Waals surface area contributed by atoms with Crippen molar-refractivity contribution in [3.05, 3.63) is 69.7 Å². The van der Waals surface area contributed by atoms with Crippen LogP contribution in [0.3, 0.4) is 0 Å². The Kier molecular flexibility index (Phi) is 8.12. The van der Waals surface area contributed by atoms with Crippen molar-refractivity contribution in [2.45, 2.75) is 62.3 Å². The molecule has 0 spiro atoms. The number of rotatable bonds is 4. The molecule has 2 N–H and O–H groups in total. The largest absolute Gasteiger partial charge is 0.304 e. The molecule has 188 valence electrons. The Balaban J connectivity index is 0.000000376. The monoisotopic (exact) mass is 554 g/mol. The number of benzene rings is 2. The second-order valence-corrected chi connectivity index (χ2v) is 8.66. The molecule has 34 heavy (non-hydrogen) atoms. The summed E-state index contributed by atoms with van der Waals surface area (Å²) in [5, 5.41) is 2.89. The SMILES string of the molecule is [2H]Cl.[2H]Cl.[2H]N(C)[C@@]1(c2ccccc2Cl)CCCC([2H])([2H])C1=O.[2H]N(C)[C@]1(c2ccccc2Cl)CCCC([2H])([2H])C1=O. The van der Waals surface area contributed by atoms with Gasteiger partial charge in [-0.15, -0.1) is 24.6 Å². The fourth-order valence-electron chi connectivity index (χ4n) is 4.39. The van der Waals surface area contributed by atoms with Gasteiger partial charge < -0.3 is 10.6 Å². The van der Waals surface area contributed by atoms with Crippen LogP contribution in [0.2, 0.25) is 12.9 Å². The summed E-state index contributed by atoms with van der Waals surface area (Å²) in [5.74, 6) is -1.14. The lowest BCUT2D eigenvalue weighted by molar-refractivity contribution is -0.128. The second kappa shape index (κ2) is 13.8. The Morgan fingerprint density at radius 2 is 1.12 bits per heavy atom. The van der Waals surface area contributed by atoms with Crippen LogP contribution in [0.5, 0.6) is 0 Å². The Morgan fingerprint density at radius 3 is 1.44 bits per heavy atom. The van der Waals surface area contributed by atoms with Crippen molar-refractivity contribution < 1.29 is 17.9 Å². The smallest absolute Gasteiger partial charge is 0.157 e. The summed E-state index contributed by atoms with van der Waals surface area (Å²) in [5.41, 5.74) is -1.55. The third-order valence-electron chi connectivity index (χ3n) is 6.16. The van der Waals surface area contributed by atoms with Gasteiger partial charge in [0.2, 0.25) is 0 Å². The van der Waals surface area contributed by atoms with Crippen molar-refractivity contribution in [1.82, 2.24) is 10.6 Å². The number of hydrogen-bond donors (Lipinski definition) is 2. The van der Waals surface area contributed by atoms with E-state index in [4.69, 9.17) is 33.9 Å². The van der Waals surface area contributed by atoms with Crippen molar-refractivity contribution in [2.75, 3.05) is 14.1 Å². The van der Waals surface area contributed by atoms with Crippen molar-refractivity contribution in [1.29, 1.82) is 2.35 Å². The van der Waals surface area contributed by atoms with Crippen molar-refractivity contribution in [2.24, 2.45) is 0 Å². The lowest BCUT2D eigenvalue weighted by Gasteiger charge is -2.36. The summed E-state index contributed by atoms with van der Waals surface area (Å²) in [4.78, 5) is 25.1. The quantitative estimate of drug-likeness (QED) is 0.444. The highest BCUT2D eigenvalue weighted by Gasteiger charge is 2.42. The van der Waals surface area contributed by atoms with E-state index in [1.807, 2.05) is 0 Å². The summed E-state index contributed by atoms with van der Waals surface area (Å²) in [6, 6.07) is 13.8. The zero-order chi connectivity index (χ0) is 32.5. The predicted octanol–water partition coefficient (Wildman–Crippen LogP) is 6.64. The van der Waals surface area contributed by atoms with E-state index >= 15 is 0 Å². The van der Waals surface area contributed by atoms with Gasteiger partial charge in [-0.1, -0.05) is 72.4 Å². The van der Waals surface area contributed by atoms with Gasteiger partial charge >= 0.3 is 0 Å². The van der Waals surface area contributed by atoms with Gasteiger partial charge in [0, 0.05) is 28.3 Å². The molecule has 8 heteroatoms. The molecule has 0 saturated heterocycles. The fourth-order valence-corrected chi connectivity index (χ4v) is 4.97. The fraction of sp³-hybridized carbons (Fsp3) is 0.462. The number of likely N-dealkylation sites (N-methyl/N-ethyl adjacent to an activating group) is 2. The minimum atomic E-state index is -1.91. The topological polar surface area (TPSA) is 58.2 Å². The van der Waals surface area contributed by atoms with Crippen LogP contribution in [0.25, 0.3) is 0 Å². The van der Waals surface area contributed by atoms with Gasteiger partial charge in [0.25, 0.3) is 0 Å². The maximum absolute atomic E-state index is 12.6. The van der Waals surface area contributed by atoms with E-state index in [0.717, 1.165) is 10.6 Å². The lowest BCUT2D eigenvalue weighted by Crippen LogP contribution is -2.49. The third kappa shape index (κ3) is 6.16. The normalized spacial score (nSPS) is 30.5. The number of ketones is 2. The van der Waals surface area contributed by atoms with Crippen LogP contribution >= 0.6 is 47.8 Å². The summed E-state index contributed by atoms with van der Waals surface area (Å²) in [6.07, 6.45) is -1.50. The Morgan fingerprint density at radius 1 is 0.765 bits per heavy atom. The van der Waals surface area contributed by atoms with Crippen LogP contribution in [0.15, 0.2) is 48.5 Å². The molecular weight excluding hydrogens is 514 g/mol. The molecule has 0 aromatic heterocycles. The number of Topliss-reactive ketones (excluding diaryl/α,β-unsaturated/α-hetero) is 2. The number of hydrogen-bond acceptors (Lipinski definition) is 4. The predicted molar refractivity (Wildman–Crippen MR) is 146 cm³/mol. The standard InChI is InChI=1S/2C13H16ClNO.2ClH/c2*1-15-13(9-5-4-8-12(13)16)10-6-2-3-7-11(10)14;;/h2*2-3,6-7,15H,4-5,8-9H2,1H3;2*1H/t2*13-;;/m10../s1/i2*8D2;;/hD4. The van der Waals surface area contributed by atoms with Gasteiger partial charge in [-0.3, -0.25) is 9.59 Å². The molecule has 2 aromatic carbocycles. The minimum Gasteiger partial charge on any atom is -0.304 e. The van der Waals surface area contributed by atoms with Crippen LogP contribution in [0, 0.1) is 0 Å². The van der Waals surface area contributed by atoms with Gasteiger partial charge in [0.1, 0.15) is 16.2 Å². The molecule has 0 aliphatic heterocycles. The maximum Gasteiger partial charge on any atom is 0.157 e. The highest BCUT2D eigenvalue weighted by molar-refractivity contribution is 6.32. The molecule has 2 fully saturated rings. The lowest BCUT2D eigenvalue weighted by atomic mass is 9.75. The first kappa shape index (κ1) is 20.0. The van der Waals surface area contributed by atoms with E-state index in [-0.39, 0.29) is 12.8 Å². The second-order valence-electron chi connectivity index (χ2n) is 7.85. The van der Waals surface area contributed by atoms with Crippen LogP contribution in [-0.2, 0) is 20.7 Å². The van der Waals surface area contributed by atoms with Gasteiger partial charge in [-0.05, 0) is 63.0 Å². The molecule has 4 rings (SSSR count). The molecule has 2 aromatic rings. The zero-order valence-electron chi connectivity index (χ0n) is 27.1. The summed E-state index contributed by atoms with van der Waals surface area (Å²) in [6.45, 7) is 0. The molecule has 0 radical (unpaired) electrons. The van der Waals surface area contributed by atoms with E-state index < -0.39 is 35.4 Å². The number of carbonyl (C=O) groups is 2. The van der Waals surface area contributed by atoms with Crippen molar-refractivity contribution >= 4 is 59.4 Å². The number of nitrogens with one attached hydrogen (secondary N) is 2. The molecule has 2 atom stereocenters. The first-order valence-electron chi connectivity index (χ1n) is 14.3. The van der Waals surface area contributed by atoms with E-state index in [0.29, 0.717) is 46.9 Å².